The molecule has 2 fully saturated rings. The molecule has 2 saturated heterocycles. The molecule has 2 aromatic rings. The van der Waals surface area contributed by atoms with E-state index in [9.17, 15) is 0 Å². The van der Waals surface area contributed by atoms with Gasteiger partial charge in [-0.1, -0.05) is 0 Å². The second-order valence-electron chi connectivity index (χ2n) is 7.21. The summed E-state index contributed by atoms with van der Waals surface area (Å²) in [7, 11) is 0. The highest BCUT2D eigenvalue weighted by Crippen LogP contribution is 2.39. The minimum Gasteiger partial charge on any atom is -0.465 e. The van der Waals surface area contributed by atoms with E-state index in [2.05, 4.69) is 32.3 Å². The van der Waals surface area contributed by atoms with Crippen molar-refractivity contribution >= 4 is 11.3 Å². The van der Waals surface area contributed by atoms with E-state index < -0.39 is 0 Å². The molecule has 2 aromatic heterocycles. The highest BCUT2D eigenvalue weighted by atomic mass is 32.1. The van der Waals surface area contributed by atoms with Crippen molar-refractivity contribution in [3.63, 3.8) is 0 Å². The molecule has 23 heavy (non-hydrogen) atoms. The van der Waals surface area contributed by atoms with E-state index in [-0.39, 0.29) is 0 Å². The molecule has 2 aliphatic rings. The van der Waals surface area contributed by atoms with Crippen molar-refractivity contribution in [1.29, 1.82) is 0 Å². The highest BCUT2D eigenvalue weighted by Gasteiger charge is 2.41. The molecule has 4 rings (SSSR count). The van der Waals surface area contributed by atoms with Crippen LogP contribution in [0.25, 0.3) is 0 Å². The number of furan rings is 1. The largest absolute Gasteiger partial charge is 0.465 e. The number of hydrogen-bond donors (Lipinski definition) is 0. The van der Waals surface area contributed by atoms with Crippen molar-refractivity contribution in [3.05, 3.63) is 40.2 Å². The Kier molecular flexibility index (Phi) is 4.26. The van der Waals surface area contributed by atoms with Crippen LogP contribution in [0.2, 0.25) is 0 Å². The first kappa shape index (κ1) is 15.4. The van der Waals surface area contributed by atoms with Crippen LogP contribution in [-0.2, 0) is 13.1 Å². The zero-order valence-electron chi connectivity index (χ0n) is 13.8. The number of aromatic nitrogens is 1. The number of piperidine rings is 1. The molecule has 4 heterocycles. The van der Waals surface area contributed by atoms with Gasteiger partial charge >= 0.3 is 0 Å². The van der Waals surface area contributed by atoms with Gasteiger partial charge in [0.15, 0.2) is 0 Å². The Morgan fingerprint density at radius 1 is 1.17 bits per heavy atom. The molecular formula is C18H25N3OS. The van der Waals surface area contributed by atoms with Gasteiger partial charge in [-0.2, -0.15) is 0 Å². The molecule has 0 aromatic carbocycles. The maximum atomic E-state index is 5.77. The number of rotatable bonds is 4. The zero-order chi connectivity index (χ0) is 15.7. The van der Waals surface area contributed by atoms with Crippen LogP contribution in [-0.4, -0.2) is 41.0 Å². The predicted molar refractivity (Wildman–Crippen MR) is 92.4 cm³/mol. The standard InChI is InChI=1S/C18H25N3OS/c1-15-3-4-16(22-15)11-20-8-2-5-18(13-20)6-9-21(14-18)12-17-19-7-10-23-17/h3-4,7,10H,2,5-6,8-9,11-14H2,1H3. The molecule has 0 amide bonds. The summed E-state index contributed by atoms with van der Waals surface area (Å²) in [6, 6.07) is 4.19. The maximum absolute atomic E-state index is 5.77. The van der Waals surface area contributed by atoms with Gasteiger partial charge in [-0.25, -0.2) is 4.98 Å². The number of likely N-dealkylation sites (tertiary alicyclic amines) is 2. The molecule has 1 spiro atoms. The van der Waals surface area contributed by atoms with E-state index >= 15 is 0 Å². The quantitative estimate of drug-likeness (QED) is 0.858. The summed E-state index contributed by atoms with van der Waals surface area (Å²) in [5.41, 5.74) is 0.483. The second-order valence-corrected chi connectivity index (χ2v) is 8.19. The third kappa shape index (κ3) is 3.52. The second kappa shape index (κ2) is 6.38. The minimum absolute atomic E-state index is 0.483. The molecule has 0 N–H and O–H groups in total. The van der Waals surface area contributed by atoms with Crippen molar-refractivity contribution in [3.8, 4) is 0 Å². The molecule has 0 aliphatic carbocycles. The van der Waals surface area contributed by atoms with Gasteiger partial charge in [0.2, 0.25) is 0 Å². The Morgan fingerprint density at radius 2 is 2.04 bits per heavy atom. The lowest BCUT2D eigenvalue weighted by Crippen LogP contribution is -2.44. The monoisotopic (exact) mass is 331 g/mol. The normalized spacial score (nSPS) is 26.3. The van der Waals surface area contributed by atoms with Crippen molar-refractivity contribution in [2.24, 2.45) is 5.41 Å². The Morgan fingerprint density at radius 3 is 2.78 bits per heavy atom. The summed E-state index contributed by atoms with van der Waals surface area (Å²) in [4.78, 5) is 9.63. The molecule has 2 aliphatic heterocycles. The fraction of sp³-hybridized carbons (Fsp3) is 0.611. The molecule has 5 heteroatoms. The molecule has 4 nitrogen and oxygen atoms in total. The van der Waals surface area contributed by atoms with E-state index in [0.717, 1.165) is 24.6 Å². The first-order valence-corrected chi connectivity index (χ1v) is 9.47. The van der Waals surface area contributed by atoms with Gasteiger partial charge in [0, 0.05) is 24.7 Å². The molecule has 0 radical (unpaired) electrons. The van der Waals surface area contributed by atoms with Crippen molar-refractivity contribution in [2.75, 3.05) is 26.2 Å². The van der Waals surface area contributed by atoms with Crippen LogP contribution < -0.4 is 0 Å². The fourth-order valence-electron chi connectivity index (χ4n) is 4.25. The lowest BCUT2D eigenvalue weighted by Gasteiger charge is -2.40. The predicted octanol–water partition coefficient (Wildman–Crippen LogP) is 3.53. The van der Waals surface area contributed by atoms with Crippen LogP contribution >= 0.6 is 11.3 Å². The molecule has 1 unspecified atom stereocenters. The van der Waals surface area contributed by atoms with Crippen LogP contribution in [0.4, 0.5) is 0 Å². The number of hydrogen-bond acceptors (Lipinski definition) is 5. The van der Waals surface area contributed by atoms with E-state index in [1.165, 1.54) is 50.4 Å². The summed E-state index contributed by atoms with van der Waals surface area (Å²) in [6.07, 6.45) is 5.92. The van der Waals surface area contributed by atoms with Gasteiger partial charge in [-0.05, 0) is 56.8 Å². The Hall–Kier alpha value is -1.17. The zero-order valence-corrected chi connectivity index (χ0v) is 14.6. The van der Waals surface area contributed by atoms with E-state index in [1.54, 1.807) is 11.3 Å². The van der Waals surface area contributed by atoms with Crippen LogP contribution in [0.3, 0.4) is 0 Å². The topological polar surface area (TPSA) is 32.5 Å². The van der Waals surface area contributed by atoms with Crippen LogP contribution in [0.5, 0.6) is 0 Å². The first-order valence-electron chi connectivity index (χ1n) is 8.59. The van der Waals surface area contributed by atoms with E-state index in [1.807, 2.05) is 13.1 Å². The number of thiazole rings is 1. The molecule has 0 saturated carbocycles. The van der Waals surface area contributed by atoms with Crippen molar-refractivity contribution < 1.29 is 4.42 Å². The lowest BCUT2D eigenvalue weighted by molar-refractivity contribution is 0.0813. The van der Waals surface area contributed by atoms with E-state index in [4.69, 9.17) is 4.42 Å². The summed E-state index contributed by atoms with van der Waals surface area (Å²) in [5.74, 6) is 2.12. The van der Waals surface area contributed by atoms with Crippen LogP contribution in [0.15, 0.2) is 28.1 Å². The Labute approximate surface area is 142 Å². The average molecular weight is 331 g/mol. The lowest BCUT2D eigenvalue weighted by atomic mass is 9.79. The van der Waals surface area contributed by atoms with Crippen molar-refractivity contribution in [2.45, 2.75) is 39.3 Å². The van der Waals surface area contributed by atoms with Gasteiger partial charge in [0.05, 0.1) is 13.1 Å². The molecule has 1 atom stereocenters. The number of nitrogens with zero attached hydrogens (tertiary/aromatic N) is 3. The average Bonchev–Trinajstić information content (AvgIpc) is 3.24. The Bertz CT molecular complexity index is 638. The molecule has 0 bridgehead atoms. The third-order valence-corrected chi connectivity index (χ3v) is 6.04. The third-order valence-electron chi connectivity index (χ3n) is 5.28. The summed E-state index contributed by atoms with van der Waals surface area (Å²) in [6.45, 7) is 8.86. The minimum atomic E-state index is 0.483. The molecular weight excluding hydrogens is 306 g/mol. The summed E-state index contributed by atoms with van der Waals surface area (Å²) in [5, 5.41) is 3.33. The summed E-state index contributed by atoms with van der Waals surface area (Å²) >= 11 is 1.77. The highest BCUT2D eigenvalue weighted by molar-refractivity contribution is 7.09. The van der Waals surface area contributed by atoms with Crippen LogP contribution in [0, 0.1) is 12.3 Å². The SMILES string of the molecule is Cc1ccc(CN2CCCC3(CCN(Cc4nccs4)C3)C2)o1. The van der Waals surface area contributed by atoms with Crippen molar-refractivity contribution in [1.82, 2.24) is 14.8 Å². The van der Waals surface area contributed by atoms with Gasteiger partial charge in [-0.3, -0.25) is 9.80 Å². The first-order chi connectivity index (χ1) is 11.2. The Balaban J connectivity index is 1.37. The fourth-order valence-corrected chi connectivity index (χ4v) is 4.91. The van der Waals surface area contributed by atoms with Gasteiger partial charge < -0.3 is 4.42 Å². The van der Waals surface area contributed by atoms with Gasteiger partial charge in [-0.15, -0.1) is 11.3 Å². The smallest absolute Gasteiger partial charge is 0.118 e. The maximum Gasteiger partial charge on any atom is 0.118 e. The van der Waals surface area contributed by atoms with Crippen LogP contribution in [0.1, 0.15) is 35.8 Å². The van der Waals surface area contributed by atoms with Gasteiger partial charge in [0.1, 0.15) is 16.5 Å². The summed E-state index contributed by atoms with van der Waals surface area (Å²) < 4.78 is 5.77. The molecule has 124 valence electrons. The van der Waals surface area contributed by atoms with Gasteiger partial charge in [0.25, 0.3) is 0 Å². The van der Waals surface area contributed by atoms with E-state index in [0.29, 0.717) is 5.41 Å². The number of aryl methyl sites for hydroxylation is 1.